The van der Waals surface area contributed by atoms with Crippen molar-refractivity contribution >= 4 is 17.5 Å². The van der Waals surface area contributed by atoms with E-state index in [1.54, 1.807) is 18.3 Å². The first kappa shape index (κ1) is 10.4. The van der Waals surface area contributed by atoms with Gasteiger partial charge in [-0.3, -0.25) is 4.79 Å². The highest BCUT2D eigenvalue weighted by molar-refractivity contribution is 6.33. The highest BCUT2D eigenvalue weighted by Gasteiger charge is 2.37. The fourth-order valence-corrected chi connectivity index (χ4v) is 1.53. The molecule has 3 nitrogen and oxygen atoms in total. The van der Waals surface area contributed by atoms with Gasteiger partial charge in [0.2, 0.25) is 0 Å². The molecule has 15 heavy (non-hydrogen) atoms. The van der Waals surface area contributed by atoms with Gasteiger partial charge >= 0.3 is 0 Å². The van der Waals surface area contributed by atoms with Crippen molar-refractivity contribution in [1.82, 2.24) is 10.3 Å². The monoisotopic (exact) mass is 224 g/mol. The Kier molecular flexibility index (Phi) is 2.65. The zero-order valence-corrected chi connectivity index (χ0v) is 9.34. The fourth-order valence-electron chi connectivity index (χ4n) is 1.32. The van der Waals surface area contributed by atoms with E-state index in [1.165, 1.54) is 12.8 Å². The number of hydrogen-bond acceptors (Lipinski definition) is 2. The van der Waals surface area contributed by atoms with Gasteiger partial charge in [-0.05, 0) is 30.4 Å². The molecule has 0 radical (unpaired) electrons. The number of rotatable bonds is 3. The lowest BCUT2D eigenvalue weighted by Crippen LogP contribution is -2.29. The Morgan fingerprint density at radius 2 is 2.40 bits per heavy atom. The van der Waals surface area contributed by atoms with Crippen LogP contribution in [0.4, 0.5) is 0 Å². The smallest absolute Gasteiger partial charge is 0.271 e. The molecule has 2 rings (SSSR count). The molecule has 1 aromatic heterocycles. The van der Waals surface area contributed by atoms with Crippen molar-refractivity contribution in [3.05, 3.63) is 29.0 Å². The topological polar surface area (TPSA) is 42.0 Å². The standard InChI is InChI=1S/C11H13ClN2O/c1-11(4-5-11)7-14-10(15)9-8(12)3-2-6-13-9/h2-3,6H,4-5,7H2,1H3,(H,14,15). The summed E-state index contributed by atoms with van der Waals surface area (Å²) in [5.74, 6) is -0.186. The summed E-state index contributed by atoms with van der Waals surface area (Å²) in [6.45, 7) is 2.87. The van der Waals surface area contributed by atoms with Gasteiger partial charge in [-0.2, -0.15) is 0 Å². The fraction of sp³-hybridized carbons (Fsp3) is 0.455. The Morgan fingerprint density at radius 3 is 3.00 bits per heavy atom. The van der Waals surface area contributed by atoms with Crippen molar-refractivity contribution in [2.75, 3.05) is 6.54 Å². The van der Waals surface area contributed by atoms with E-state index in [2.05, 4.69) is 17.2 Å². The van der Waals surface area contributed by atoms with Crippen LogP contribution in [-0.4, -0.2) is 17.4 Å². The number of carbonyl (C=O) groups is 1. The molecule has 1 aromatic rings. The van der Waals surface area contributed by atoms with E-state index in [9.17, 15) is 4.79 Å². The van der Waals surface area contributed by atoms with E-state index in [0.29, 0.717) is 22.7 Å². The third-order valence-corrected chi connectivity index (χ3v) is 3.06. The molecule has 0 saturated heterocycles. The predicted molar refractivity (Wildman–Crippen MR) is 58.9 cm³/mol. The molecule has 1 aliphatic carbocycles. The number of aromatic nitrogens is 1. The van der Waals surface area contributed by atoms with Crippen molar-refractivity contribution in [1.29, 1.82) is 0 Å². The third-order valence-electron chi connectivity index (χ3n) is 2.75. The highest BCUT2D eigenvalue weighted by atomic mass is 35.5. The van der Waals surface area contributed by atoms with Crippen LogP contribution in [-0.2, 0) is 0 Å². The summed E-state index contributed by atoms with van der Waals surface area (Å²) in [4.78, 5) is 15.6. The lowest BCUT2D eigenvalue weighted by atomic mass is 10.1. The summed E-state index contributed by atoms with van der Waals surface area (Å²) >= 11 is 5.86. The van der Waals surface area contributed by atoms with E-state index in [-0.39, 0.29) is 5.91 Å². The number of carbonyl (C=O) groups excluding carboxylic acids is 1. The van der Waals surface area contributed by atoms with Gasteiger partial charge in [0.25, 0.3) is 5.91 Å². The Bertz CT molecular complexity index is 388. The predicted octanol–water partition coefficient (Wildman–Crippen LogP) is 2.26. The number of amides is 1. The maximum atomic E-state index is 11.7. The van der Waals surface area contributed by atoms with E-state index >= 15 is 0 Å². The minimum absolute atomic E-state index is 0.186. The number of pyridine rings is 1. The van der Waals surface area contributed by atoms with Crippen molar-refractivity contribution in [2.45, 2.75) is 19.8 Å². The van der Waals surface area contributed by atoms with Crippen molar-refractivity contribution < 1.29 is 4.79 Å². The second kappa shape index (κ2) is 3.81. The Labute approximate surface area is 93.8 Å². The average molecular weight is 225 g/mol. The van der Waals surface area contributed by atoms with Gasteiger partial charge in [0.1, 0.15) is 5.69 Å². The largest absolute Gasteiger partial charge is 0.350 e. The average Bonchev–Trinajstić information content (AvgIpc) is 2.95. The molecular weight excluding hydrogens is 212 g/mol. The Balaban J connectivity index is 1.99. The van der Waals surface area contributed by atoms with Gasteiger partial charge in [-0.15, -0.1) is 0 Å². The minimum atomic E-state index is -0.186. The van der Waals surface area contributed by atoms with Crippen LogP contribution in [0.1, 0.15) is 30.3 Å². The molecule has 4 heteroatoms. The van der Waals surface area contributed by atoms with Gasteiger partial charge in [0.05, 0.1) is 5.02 Å². The van der Waals surface area contributed by atoms with E-state index in [4.69, 9.17) is 11.6 Å². The van der Waals surface area contributed by atoms with E-state index in [1.807, 2.05) is 0 Å². The zero-order valence-electron chi connectivity index (χ0n) is 8.59. The summed E-state index contributed by atoms with van der Waals surface area (Å²) in [7, 11) is 0. The molecule has 1 fully saturated rings. The molecule has 1 saturated carbocycles. The van der Waals surface area contributed by atoms with Crippen LogP contribution in [0.3, 0.4) is 0 Å². The molecule has 0 spiro atoms. The Hall–Kier alpha value is -1.09. The molecule has 1 N–H and O–H groups in total. The van der Waals surface area contributed by atoms with Gasteiger partial charge in [0.15, 0.2) is 0 Å². The number of nitrogens with zero attached hydrogens (tertiary/aromatic N) is 1. The lowest BCUT2D eigenvalue weighted by Gasteiger charge is -2.09. The molecule has 80 valence electrons. The van der Waals surface area contributed by atoms with Crippen LogP contribution < -0.4 is 5.32 Å². The van der Waals surface area contributed by atoms with Crippen LogP contribution in [0, 0.1) is 5.41 Å². The number of nitrogens with one attached hydrogen (secondary N) is 1. The zero-order chi connectivity index (χ0) is 10.9. The summed E-state index contributed by atoms with van der Waals surface area (Å²) in [6.07, 6.45) is 3.94. The van der Waals surface area contributed by atoms with Crippen LogP contribution in [0.25, 0.3) is 0 Å². The minimum Gasteiger partial charge on any atom is -0.350 e. The number of hydrogen-bond donors (Lipinski definition) is 1. The molecule has 0 bridgehead atoms. The summed E-state index contributed by atoms with van der Waals surface area (Å²) in [5, 5.41) is 3.26. The number of halogens is 1. The summed E-state index contributed by atoms with van der Waals surface area (Å²) in [5.41, 5.74) is 0.611. The van der Waals surface area contributed by atoms with Crippen molar-refractivity contribution in [3.8, 4) is 0 Å². The SMILES string of the molecule is CC1(CNC(=O)c2ncccc2Cl)CC1. The second-order valence-corrected chi connectivity index (χ2v) is 4.73. The molecule has 0 atom stereocenters. The molecule has 1 heterocycles. The summed E-state index contributed by atoms with van der Waals surface area (Å²) < 4.78 is 0. The maximum Gasteiger partial charge on any atom is 0.271 e. The highest BCUT2D eigenvalue weighted by Crippen LogP contribution is 2.44. The van der Waals surface area contributed by atoms with Crippen LogP contribution in [0.15, 0.2) is 18.3 Å². The molecule has 1 amide bonds. The molecule has 0 aliphatic heterocycles. The van der Waals surface area contributed by atoms with Crippen molar-refractivity contribution in [3.63, 3.8) is 0 Å². The van der Waals surface area contributed by atoms with E-state index in [0.717, 1.165) is 0 Å². The molecule has 0 aromatic carbocycles. The van der Waals surface area contributed by atoms with Gasteiger partial charge in [0, 0.05) is 12.7 Å². The van der Waals surface area contributed by atoms with Gasteiger partial charge in [-0.1, -0.05) is 18.5 Å². The van der Waals surface area contributed by atoms with Crippen LogP contribution in [0.2, 0.25) is 5.02 Å². The summed E-state index contributed by atoms with van der Waals surface area (Å²) in [6, 6.07) is 3.38. The first-order valence-corrected chi connectivity index (χ1v) is 5.37. The van der Waals surface area contributed by atoms with Crippen molar-refractivity contribution in [2.24, 2.45) is 5.41 Å². The van der Waals surface area contributed by atoms with Gasteiger partial charge < -0.3 is 5.32 Å². The first-order valence-electron chi connectivity index (χ1n) is 4.99. The Morgan fingerprint density at radius 1 is 1.67 bits per heavy atom. The lowest BCUT2D eigenvalue weighted by molar-refractivity contribution is 0.0941. The van der Waals surface area contributed by atoms with E-state index < -0.39 is 0 Å². The quantitative estimate of drug-likeness (QED) is 0.856. The van der Waals surface area contributed by atoms with Crippen LogP contribution >= 0.6 is 11.6 Å². The third kappa shape index (κ3) is 2.48. The maximum absolute atomic E-state index is 11.7. The first-order chi connectivity index (χ1) is 7.11. The second-order valence-electron chi connectivity index (χ2n) is 4.33. The molecular formula is C11H13ClN2O. The molecule has 0 unspecified atom stereocenters. The van der Waals surface area contributed by atoms with Crippen LogP contribution in [0.5, 0.6) is 0 Å². The molecule has 1 aliphatic rings. The van der Waals surface area contributed by atoms with Gasteiger partial charge in [-0.25, -0.2) is 4.98 Å². The normalized spacial score (nSPS) is 17.2.